The lowest BCUT2D eigenvalue weighted by Crippen LogP contribution is -2.20. The highest BCUT2D eigenvalue weighted by atomic mass is 127. The van der Waals surface area contributed by atoms with Gasteiger partial charge in [-0.2, -0.15) is 0 Å². The normalized spacial score (nSPS) is 21.0. The Morgan fingerprint density at radius 2 is 1.78 bits per heavy atom. The van der Waals surface area contributed by atoms with Crippen LogP contribution in [0.2, 0.25) is 0 Å². The first-order valence-electron chi connectivity index (χ1n) is 2.81. The van der Waals surface area contributed by atoms with Crippen LogP contribution in [0, 0.1) is 6.92 Å². The fourth-order valence-electron chi connectivity index (χ4n) is 0.447. The van der Waals surface area contributed by atoms with Crippen molar-refractivity contribution in [2.45, 2.75) is 25.1 Å². The molecule has 0 fully saturated rings. The molecular weight excluding hydrogens is 453 g/mol. The lowest BCUT2D eigenvalue weighted by atomic mass is 10.2. The van der Waals surface area contributed by atoms with E-state index >= 15 is 0 Å². The molecule has 0 aromatic heterocycles. The van der Waals surface area contributed by atoms with E-state index in [2.05, 4.69) is 81.6 Å². The summed E-state index contributed by atoms with van der Waals surface area (Å²) in [5.74, 6) is 0. The summed E-state index contributed by atoms with van der Waals surface area (Å²) < 4.78 is 2.25. The van der Waals surface area contributed by atoms with Crippen LogP contribution >= 0.6 is 67.8 Å². The SMILES string of the molecule is [CH2]CC(I)C(I)C(C)I. The Labute approximate surface area is 98.3 Å². The van der Waals surface area contributed by atoms with Crippen molar-refractivity contribution in [3.63, 3.8) is 0 Å². The molecule has 0 aromatic carbocycles. The van der Waals surface area contributed by atoms with E-state index in [1.807, 2.05) is 0 Å². The van der Waals surface area contributed by atoms with Crippen molar-refractivity contribution in [3.8, 4) is 0 Å². The largest absolute Gasteiger partial charge is 0.0817 e. The fourth-order valence-corrected chi connectivity index (χ4v) is 2.73. The molecule has 3 atom stereocenters. The molecule has 0 aliphatic rings. The average Bonchev–Trinajstić information content (AvgIpc) is 1.84. The van der Waals surface area contributed by atoms with Gasteiger partial charge in [-0.1, -0.05) is 81.6 Å². The van der Waals surface area contributed by atoms with Crippen LogP contribution in [0.4, 0.5) is 0 Å². The lowest BCUT2D eigenvalue weighted by molar-refractivity contribution is 0.842. The van der Waals surface area contributed by atoms with E-state index in [0.29, 0.717) is 0 Å². The van der Waals surface area contributed by atoms with Gasteiger partial charge < -0.3 is 0 Å². The minimum absolute atomic E-state index is 0.732. The molecule has 0 heterocycles. The number of alkyl halides is 3. The highest BCUT2D eigenvalue weighted by molar-refractivity contribution is 14.1. The molecule has 0 amide bonds. The van der Waals surface area contributed by atoms with Crippen LogP contribution in [0.3, 0.4) is 0 Å². The molecule has 9 heavy (non-hydrogen) atoms. The second-order valence-electron chi connectivity index (χ2n) is 1.93. The van der Waals surface area contributed by atoms with E-state index in [0.717, 1.165) is 18.2 Å². The molecule has 1 radical (unpaired) electrons. The summed E-state index contributed by atoms with van der Waals surface area (Å²) >= 11 is 7.44. The molecule has 0 N–H and O–H groups in total. The number of halogens is 3. The smallest absolute Gasteiger partial charge is 0.0342 e. The van der Waals surface area contributed by atoms with E-state index in [4.69, 9.17) is 0 Å². The second-order valence-corrected chi connectivity index (χ2v) is 6.93. The van der Waals surface area contributed by atoms with Crippen molar-refractivity contribution in [3.05, 3.63) is 6.92 Å². The van der Waals surface area contributed by atoms with Gasteiger partial charge in [0, 0.05) is 11.8 Å². The topological polar surface area (TPSA) is 0 Å². The Kier molecular flexibility index (Phi) is 7.20. The average molecular weight is 463 g/mol. The highest BCUT2D eigenvalue weighted by Gasteiger charge is 2.17. The van der Waals surface area contributed by atoms with Gasteiger partial charge in [-0.3, -0.25) is 0 Å². The molecule has 55 valence electrons. The second kappa shape index (κ2) is 5.79. The van der Waals surface area contributed by atoms with E-state index in [1.54, 1.807) is 0 Å². The maximum absolute atomic E-state index is 3.87. The highest BCUT2D eigenvalue weighted by Crippen LogP contribution is 2.25. The summed E-state index contributed by atoms with van der Waals surface area (Å²) in [6.07, 6.45) is 1.04. The van der Waals surface area contributed by atoms with Crippen molar-refractivity contribution < 1.29 is 0 Å². The molecule has 3 unspecified atom stereocenters. The number of hydrogen-bond acceptors (Lipinski definition) is 0. The molecule has 0 aliphatic heterocycles. The Bertz CT molecular complexity index is 72.7. The van der Waals surface area contributed by atoms with Crippen LogP contribution in [0.1, 0.15) is 13.3 Å². The van der Waals surface area contributed by atoms with Crippen LogP contribution in [-0.4, -0.2) is 11.8 Å². The van der Waals surface area contributed by atoms with Gasteiger partial charge in [-0.05, 0) is 6.42 Å². The third-order valence-corrected chi connectivity index (χ3v) is 7.93. The van der Waals surface area contributed by atoms with Crippen molar-refractivity contribution in [2.24, 2.45) is 0 Å². The Balaban J connectivity index is 3.58. The third-order valence-electron chi connectivity index (χ3n) is 1.06. The van der Waals surface area contributed by atoms with E-state index < -0.39 is 0 Å². The lowest BCUT2D eigenvalue weighted by Gasteiger charge is -2.16. The summed E-state index contributed by atoms with van der Waals surface area (Å²) in [5.41, 5.74) is 0. The van der Waals surface area contributed by atoms with Gasteiger partial charge in [0.2, 0.25) is 0 Å². The van der Waals surface area contributed by atoms with E-state index in [-0.39, 0.29) is 0 Å². The molecule has 0 saturated heterocycles. The van der Waals surface area contributed by atoms with E-state index in [1.165, 1.54) is 0 Å². The van der Waals surface area contributed by atoms with Crippen LogP contribution in [-0.2, 0) is 0 Å². The van der Waals surface area contributed by atoms with Crippen LogP contribution in [0.5, 0.6) is 0 Å². The quantitative estimate of drug-likeness (QED) is 0.444. The van der Waals surface area contributed by atoms with Gasteiger partial charge in [0.1, 0.15) is 0 Å². The van der Waals surface area contributed by atoms with Crippen molar-refractivity contribution in [2.75, 3.05) is 0 Å². The minimum atomic E-state index is 0.732. The molecule has 0 rings (SSSR count). The summed E-state index contributed by atoms with van der Waals surface area (Å²) in [6, 6.07) is 0. The molecule has 0 nitrogen and oxygen atoms in total. The summed E-state index contributed by atoms with van der Waals surface area (Å²) in [5, 5.41) is 0. The maximum atomic E-state index is 3.87. The zero-order valence-corrected chi connectivity index (χ0v) is 11.8. The molecule has 0 saturated carbocycles. The summed E-state index contributed by atoms with van der Waals surface area (Å²) in [7, 11) is 0. The fraction of sp³-hybridized carbons (Fsp3) is 0.833. The molecule has 3 heteroatoms. The minimum Gasteiger partial charge on any atom is -0.0817 e. The molecular formula is C6H10I3. The van der Waals surface area contributed by atoms with Gasteiger partial charge in [0.05, 0.1) is 0 Å². The van der Waals surface area contributed by atoms with E-state index in [9.17, 15) is 0 Å². The summed E-state index contributed by atoms with van der Waals surface area (Å²) in [6.45, 7) is 6.12. The van der Waals surface area contributed by atoms with Gasteiger partial charge in [0.25, 0.3) is 0 Å². The van der Waals surface area contributed by atoms with Crippen molar-refractivity contribution >= 4 is 67.8 Å². The molecule has 0 aliphatic carbocycles. The van der Waals surface area contributed by atoms with Crippen LogP contribution in [0.25, 0.3) is 0 Å². The molecule has 0 spiro atoms. The van der Waals surface area contributed by atoms with Crippen LogP contribution < -0.4 is 0 Å². The monoisotopic (exact) mass is 463 g/mol. The Morgan fingerprint density at radius 3 is 1.89 bits per heavy atom. The van der Waals surface area contributed by atoms with Crippen molar-refractivity contribution in [1.29, 1.82) is 0 Å². The standard InChI is InChI=1S/C6H10I3/c1-3-5(8)6(9)4(2)7/h4-6H,1,3H2,2H3. The molecule has 0 aromatic rings. The predicted molar refractivity (Wildman–Crippen MR) is 69.1 cm³/mol. The zero-order chi connectivity index (χ0) is 7.44. The van der Waals surface area contributed by atoms with Gasteiger partial charge in [-0.15, -0.1) is 0 Å². The number of hydrogen-bond donors (Lipinski definition) is 0. The van der Waals surface area contributed by atoms with Crippen LogP contribution in [0.15, 0.2) is 0 Å². The summed E-state index contributed by atoms with van der Waals surface area (Å²) in [4.78, 5) is 0. The predicted octanol–water partition coefficient (Wildman–Crippen LogP) is 3.64. The zero-order valence-electron chi connectivity index (χ0n) is 5.28. The van der Waals surface area contributed by atoms with Gasteiger partial charge in [0.15, 0.2) is 0 Å². The first kappa shape index (κ1) is 11.2. The van der Waals surface area contributed by atoms with Gasteiger partial charge in [-0.25, -0.2) is 0 Å². The number of rotatable bonds is 3. The maximum Gasteiger partial charge on any atom is 0.0342 e. The third kappa shape index (κ3) is 4.60. The molecule has 0 bridgehead atoms. The Hall–Kier alpha value is 2.19. The first-order chi connectivity index (χ1) is 4.09. The van der Waals surface area contributed by atoms with Crippen molar-refractivity contribution in [1.82, 2.24) is 0 Å². The Morgan fingerprint density at radius 1 is 1.33 bits per heavy atom. The first-order valence-corrected chi connectivity index (χ1v) is 6.54. The van der Waals surface area contributed by atoms with Gasteiger partial charge >= 0.3 is 0 Å².